The fraction of sp³-hybridized carbons (Fsp3) is 0.0417. The fourth-order valence-corrected chi connectivity index (χ4v) is 4.04. The van der Waals surface area contributed by atoms with Crippen LogP contribution in [0, 0.1) is 0 Å². The largest absolute Gasteiger partial charge is 0.478 e. The van der Waals surface area contributed by atoms with Crippen molar-refractivity contribution < 1.29 is 27.9 Å². The van der Waals surface area contributed by atoms with Gasteiger partial charge in [0.1, 0.15) is 0 Å². The summed E-state index contributed by atoms with van der Waals surface area (Å²) in [4.78, 5) is 35.9. The number of amides is 2. The summed E-state index contributed by atoms with van der Waals surface area (Å²) in [5, 5.41) is 19.5. The van der Waals surface area contributed by atoms with Crippen LogP contribution in [0.1, 0.15) is 31.8 Å². The summed E-state index contributed by atoms with van der Waals surface area (Å²) in [6.07, 6.45) is 1.49. The average Bonchev–Trinajstić information content (AvgIpc) is 2.80. The number of rotatable bonds is 6. The summed E-state index contributed by atoms with van der Waals surface area (Å²) in [7, 11) is -3.78. The van der Waals surface area contributed by atoms with E-state index in [2.05, 4.69) is 10.6 Å². The summed E-state index contributed by atoms with van der Waals surface area (Å²) in [6, 6.07) is 17.3. The number of aromatic carboxylic acids is 1. The molecular formula is C24H19N3O6S. The molecule has 3 aromatic rings. The molecule has 0 spiro atoms. The molecule has 9 nitrogen and oxygen atoms in total. The first-order valence-corrected chi connectivity index (χ1v) is 11.6. The van der Waals surface area contributed by atoms with Crippen LogP contribution >= 0.6 is 0 Å². The Morgan fingerprint density at radius 1 is 0.912 bits per heavy atom. The number of primary sulfonamides is 1. The molecule has 1 aliphatic rings. The molecule has 34 heavy (non-hydrogen) atoms. The van der Waals surface area contributed by atoms with E-state index >= 15 is 0 Å². The minimum Gasteiger partial charge on any atom is -0.478 e. The zero-order valence-corrected chi connectivity index (χ0v) is 18.4. The first kappa shape index (κ1) is 22.9. The van der Waals surface area contributed by atoms with Gasteiger partial charge in [-0.05, 0) is 53.1 Å². The lowest BCUT2D eigenvalue weighted by Crippen LogP contribution is -2.37. The van der Waals surface area contributed by atoms with Crippen LogP contribution in [0.3, 0.4) is 0 Å². The van der Waals surface area contributed by atoms with E-state index in [4.69, 9.17) is 10.2 Å². The highest BCUT2D eigenvalue weighted by molar-refractivity contribution is 7.89. The Morgan fingerprint density at radius 2 is 1.56 bits per heavy atom. The van der Waals surface area contributed by atoms with Crippen LogP contribution in [0.5, 0.6) is 0 Å². The second kappa shape index (κ2) is 8.93. The molecule has 0 atom stereocenters. The number of sulfonamides is 1. The molecule has 5 N–H and O–H groups in total. The lowest BCUT2D eigenvalue weighted by Gasteiger charge is -2.19. The van der Waals surface area contributed by atoms with Gasteiger partial charge in [0.05, 0.1) is 16.0 Å². The monoisotopic (exact) mass is 477 g/mol. The number of nitrogens with one attached hydrogen (secondary N) is 2. The van der Waals surface area contributed by atoms with Gasteiger partial charge in [-0.15, -0.1) is 0 Å². The van der Waals surface area contributed by atoms with Gasteiger partial charge in [-0.3, -0.25) is 14.9 Å². The number of nitrogens with two attached hydrogens (primary N) is 1. The second-order valence-electron chi connectivity index (χ2n) is 7.55. The summed E-state index contributed by atoms with van der Waals surface area (Å²) >= 11 is 0. The highest BCUT2D eigenvalue weighted by Gasteiger charge is 2.27. The van der Waals surface area contributed by atoms with Crippen LogP contribution in [-0.4, -0.2) is 31.3 Å². The standard InChI is InChI=1S/C24H19N3O6S/c25-34(32,33)18-8-1-14(2-9-18)12-26-13-21-20-11-17(7-10-19(20)22(28)27-23(21)29)15-3-5-16(6-4-15)24(30)31/h1-11,13,26H,12H2,(H,30,31)(H2,25,32,33)(H,27,28,29). The first-order valence-electron chi connectivity index (χ1n) is 10.0. The first-order chi connectivity index (χ1) is 16.1. The predicted molar refractivity (Wildman–Crippen MR) is 124 cm³/mol. The minimum absolute atomic E-state index is 0.00220. The van der Waals surface area contributed by atoms with Gasteiger partial charge in [-0.2, -0.15) is 0 Å². The Labute approximate surface area is 195 Å². The SMILES string of the molecule is NS(=O)(=O)c1ccc(CNC=C2C(=O)NC(=O)c3ccc(-c4ccc(C(=O)O)cc4)cc32)cc1. The molecule has 3 aromatic carbocycles. The molecule has 172 valence electrons. The van der Waals surface area contributed by atoms with E-state index in [0.717, 1.165) is 11.1 Å². The Hall–Kier alpha value is -4.28. The number of benzene rings is 3. The van der Waals surface area contributed by atoms with Gasteiger partial charge in [0.15, 0.2) is 0 Å². The third-order valence-electron chi connectivity index (χ3n) is 5.30. The molecule has 1 heterocycles. The van der Waals surface area contributed by atoms with Gasteiger partial charge in [-0.25, -0.2) is 18.4 Å². The Morgan fingerprint density at radius 3 is 2.18 bits per heavy atom. The van der Waals surface area contributed by atoms with Crippen LogP contribution in [0.2, 0.25) is 0 Å². The van der Waals surface area contributed by atoms with E-state index in [1.54, 1.807) is 42.5 Å². The highest BCUT2D eigenvalue weighted by atomic mass is 32.2. The minimum atomic E-state index is -3.78. The number of carboxylic acid groups (broad SMARTS) is 1. The average molecular weight is 477 g/mol. The molecular weight excluding hydrogens is 458 g/mol. The van der Waals surface area contributed by atoms with Crippen molar-refractivity contribution >= 4 is 33.4 Å². The van der Waals surface area contributed by atoms with E-state index in [1.165, 1.54) is 30.5 Å². The van der Waals surface area contributed by atoms with Crippen molar-refractivity contribution in [3.8, 4) is 11.1 Å². The molecule has 0 unspecified atom stereocenters. The molecule has 4 rings (SSSR count). The van der Waals surface area contributed by atoms with E-state index < -0.39 is 27.8 Å². The van der Waals surface area contributed by atoms with E-state index in [1.807, 2.05) is 0 Å². The zero-order chi connectivity index (χ0) is 24.5. The number of fused-ring (bicyclic) bond motifs is 1. The molecule has 0 saturated heterocycles. The Kier molecular flexibility index (Phi) is 6.01. The van der Waals surface area contributed by atoms with Gasteiger partial charge in [0.2, 0.25) is 10.0 Å². The predicted octanol–water partition coefficient (Wildman–Crippen LogP) is 2.10. The van der Waals surface area contributed by atoms with Crippen molar-refractivity contribution in [2.45, 2.75) is 11.4 Å². The van der Waals surface area contributed by atoms with E-state index in [9.17, 15) is 22.8 Å². The maximum atomic E-state index is 12.5. The Balaban J connectivity index is 1.61. The van der Waals surface area contributed by atoms with Crippen LogP contribution in [0.25, 0.3) is 16.7 Å². The van der Waals surface area contributed by atoms with Crippen LogP contribution in [0.15, 0.2) is 77.8 Å². The summed E-state index contributed by atoms with van der Waals surface area (Å²) in [5.74, 6) is -2.11. The molecule has 0 bridgehead atoms. The van der Waals surface area contributed by atoms with E-state index in [0.29, 0.717) is 23.2 Å². The quantitative estimate of drug-likeness (QED) is 0.313. The third-order valence-corrected chi connectivity index (χ3v) is 6.22. The highest BCUT2D eigenvalue weighted by Crippen LogP contribution is 2.29. The number of carbonyl (C=O) groups is 3. The molecule has 0 saturated carbocycles. The van der Waals surface area contributed by atoms with Gasteiger partial charge in [0, 0.05) is 23.9 Å². The van der Waals surface area contributed by atoms with Gasteiger partial charge < -0.3 is 10.4 Å². The van der Waals surface area contributed by atoms with Crippen LogP contribution < -0.4 is 15.8 Å². The molecule has 1 aliphatic heterocycles. The van der Waals surface area contributed by atoms with Gasteiger partial charge in [-0.1, -0.05) is 30.3 Å². The lowest BCUT2D eigenvalue weighted by molar-refractivity contribution is -0.114. The number of carbonyl (C=O) groups excluding carboxylic acids is 2. The van der Waals surface area contributed by atoms with Crippen molar-refractivity contribution in [3.05, 3.63) is 95.2 Å². The van der Waals surface area contributed by atoms with Crippen molar-refractivity contribution in [2.75, 3.05) is 0 Å². The van der Waals surface area contributed by atoms with Gasteiger partial charge in [0.25, 0.3) is 11.8 Å². The zero-order valence-electron chi connectivity index (χ0n) is 17.6. The van der Waals surface area contributed by atoms with E-state index in [-0.39, 0.29) is 16.0 Å². The third kappa shape index (κ3) is 4.72. The summed E-state index contributed by atoms with van der Waals surface area (Å²) in [6.45, 7) is 0.293. The number of hydrogen-bond donors (Lipinski definition) is 4. The molecule has 2 amide bonds. The normalized spacial score (nSPS) is 14.4. The Bertz CT molecular complexity index is 1440. The molecule has 10 heteroatoms. The topological polar surface area (TPSA) is 156 Å². The number of carboxylic acids is 1. The molecule has 0 radical (unpaired) electrons. The second-order valence-corrected chi connectivity index (χ2v) is 9.12. The van der Waals surface area contributed by atoms with Crippen LogP contribution in [-0.2, 0) is 21.4 Å². The molecule has 0 aromatic heterocycles. The smallest absolute Gasteiger partial charge is 0.335 e. The lowest BCUT2D eigenvalue weighted by atomic mass is 9.91. The van der Waals surface area contributed by atoms with Crippen molar-refractivity contribution in [2.24, 2.45) is 5.14 Å². The van der Waals surface area contributed by atoms with Crippen molar-refractivity contribution in [3.63, 3.8) is 0 Å². The van der Waals surface area contributed by atoms with Crippen LogP contribution in [0.4, 0.5) is 0 Å². The van der Waals surface area contributed by atoms with Gasteiger partial charge >= 0.3 is 5.97 Å². The van der Waals surface area contributed by atoms with Crippen molar-refractivity contribution in [1.82, 2.24) is 10.6 Å². The number of imide groups is 1. The van der Waals surface area contributed by atoms with Crippen molar-refractivity contribution in [1.29, 1.82) is 0 Å². The maximum Gasteiger partial charge on any atom is 0.335 e. The fourth-order valence-electron chi connectivity index (χ4n) is 3.52. The number of hydrogen-bond acceptors (Lipinski definition) is 6. The maximum absolute atomic E-state index is 12.5. The summed E-state index contributed by atoms with van der Waals surface area (Å²) in [5.41, 5.74) is 3.36. The summed E-state index contributed by atoms with van der Waals surface area (Å²) < 4.78 is 22.8. The molecule has 0 fully saturated rings. The molecule has 0 aliphatic carbocycles.